The van der Waals surface area contributed by atoms with Crippen LogP contribution in [0, 0.1) is 0 Å². The standard InChI is InChI=1S/C58H35N5OS/c1-4-14-36(15-5-1)43-21-12-23-46-47-24-13-22-44(54(47)65-53(43)46)40-28-32-51-48(34-40)45-20-10-11-25-50(45)63(51)42-30-26-39(27-31-42)58-59-49-35-41(29-33-52(49)64-58)57-61-55(37-16-6-2-7-17-37)60-56(62-57)38-18-8-3-9-19-38/h1-35H. The van der Waals surface area contributed by atoms with Crippen molar-refractivity contribution in [3.63, 3.8) is 0 Å². The lowest BCUT2D eigenvalue weighted by atomic mass is 9.99. The zero-order valence-electron chi connectivity index (χ0n) is 34.8. The highest BCUT2D eigenvalue weighted by molar-refractivity contribution is 7.26. The van der Waals surface area contributed by atoms with Crippen LogP contribution in [0.1, 0.15) is 0 Å². The molecule has 0 bridgehead atoms. The first-order chi connectivity index (χ1) is 32.2. The van der Waals surface area contributed by atoms with Crippen molar-refractivity contribution in [2.45, 2.75) is 0 Å². The second-order valence-electron chi connectivity index (χ2n) is 16.2. The summed E-state index contributed by atoms with van der Waals surface area (Å²) >= 11 is 1.89. The summed E-state index contributed by atoms with van der Waals surface area (Å²) in [5, 5.41) is 5.01. The van der Waals surface area contributed by atoms with Crippen molar-refractivity contribution in [1.82, 2.24) is 24.5 Å². The predicted octanol–water partition coefficient (Wildman–Crippen LogP) is 15.5. The number of hydrogen-bond acceptors (Lipinski definition) is 6. The summed E-state index contributed by atoms with van der Waals surface area (Å²) in [4.78, 5) is 19.7. The van der Waals surface area contributed by atoms with E-state index in [9.17, 15) is 0 Å². The van der Waals surface area contributed by atoms with Crippen LogP contribution in [0.2, 0.25) is 0 Å². The molecule has 0 aliphatic carbocycles. The third-order valence-electron chi connectivity index (χ3n) is 12.3. The van der Waals surface area contributed by atoms with E-state index >= 15 is 0 Å². The van der Waals surface area contributed by atoms with Gasteiger partial charge in [0.1, 0.15) is 5.52 Å². The van der Waals surface area contributed by atoms with Gasteiger partial charge in [-0.15, -0.1) is 11.3 Å². The van der Waals surface area contributed by atoms with Crippen molar-refractivity contribution in [1.29, 1.82) is 0 Å². The van der Waals surface area contributed by atoms with E-state index in [2.05, 4.69) is 138 Å². The summed E-state index contributed by atoms with van der Waals surface area (Å²) in [5.74, 6) is 2.34. The number of fused-ring (bicyclic) bond motifs is 7. The highest BCUT2D eigenvalue weighted by Crippen LogP contribution is 2.45. The average molecular weight is 850 g/mol. The van der Waals surface area contributed by atoms with E-state index in [0.29, 0.717) is 28.9 Å². The number of rotatable bonds is 7. The van der Waals surface area contributed by atoms with Gasteiger partial charge in [-0.25, -0.2) is 19.9 Å². The Hall–Kier alpha value is -8.52. The van der Waals surface area contributed by atoms with Gasteiger partial charge in [0, 0.05) is 58.9 Å². The van der Waals surface area contributed by atoms with Crippen LogP contribution in [-0.2, 0) is 0 Å². The minimum Gasteiger partial charge on any atom is -0.436 e. The molecule has 0 aliphatic rings. The zero-order valence-corrected chi connectivity index (χ0v) is 35.6. The number of benzene rings is 9. The molecule has 0 unspecified atom stereocenters. The van der Waals surface area contributed by atoms with E-state index < -0.39 is 0 Å². The molecule has 0 N–H and O–H groups in total. The summed E-state index contributed by atoms with van der Waals surface area (Å²) in [5.41, 5.74) is 13.3. The molecule has 304 valence electrons. The summed E-state index contributed by atoms with van der Waals surface area (Å²) < 4.78 is 11.3. The normalized spacial score (nSPS) is 11.7. The van der Waals surface area contributed by atoms with Crippen LogP contribution < -0.4 is 0 Å². The second kappa shape index (κ2) is 15.1. The monoisotopic (exact) mass is 849 g/mol. The molecule has 13 aromatic rings. The van der Waals surface area contributed by atoms with Gasteiger partial charge < -0.3 is 8.98 Å². The van der Waals surface area contributed by atoms with Gasteiger partial charge in [0.2, 0.25) is 5.89 Å². The number of thiophene rings is 1. The van der Waals surface area contributed by atoms with E-state index in [0.717, 1.165) is 44.5 Å². The van der Waals surface area contributed by atoms with E-state index in [1.54, 1.807) is 0 Å². The molecule has 0 aliphatic heterocycles. The maximum absolute atomic E-state index is 6.37. The van der Waals surface area contributed by atoms with Gasteiger partial charge in [-0.3, -0.25) is 0 Å². The molecule has 6 nitrogen and oxygen atoms in total. The van der Waals surface area contributed by atoms with Crippen LogP contribution in [0.15, 0.2) is 217 Å². The number of hydrogen-bond donors (Lipinski definition) is 0. The maximum Gasteiger partial charge on any atom is 0.227 e. The molecule has 0 spiro atoms. The average Bonchev–Trinajstić information content (AvgIpc) is 4.09. The number of aromatic nitrogens is 5. The molecule has 7 heteroatoms. The molecule has 0 saturated carbocycles. The van der Waals surface area contributed by atoms with Gasteiger partial charge in [0.25, 0.3) is 0 Å². The lowest BCUT2D eigenvalue weighted by Crippen LogP contribution is -2.00. The highest BCUT2D eigenvalue weighted by atomic mass is 32.1. The molecule has 4 aromatic heterocycles. The molecular weight excluding hydrogens is 815 g/mol. The lowest BCUT2D eigenvalue weighted by Gasteiger charge is -2.09. The molecule has 0 atom stereocenters. The van der Waals surface area contributed by atoms with Crippen LogP contribution in [0.4, 0.5) is 0 Å². The molecule has 0 radical (unpaired) electrons. The Morgan fingerprint density at radius 3 is 1.54 bits per heavy atom. The van der Waals surface area contributed by atoms with Crippen LogP contribution >= 0.6 is 11.3 Å². The van der Waals surface area contributed by atoms with Crippen molar-refractivity contribution >= 4 is 64.4 Å². The topological polar surface area (TPSA) is 69.6 Å². The van der Waals surface area contributed by atoms with E-state index in [-0.39, 0.29) is 0 Å². The lowest BCUT2D eigenvalue weighted by molar-refractivity contribution is 0.620. The van der Waals surface area contributed by atoms with Crippen molar-refractivity contribution in [2.24, 2.45) is 0 Å². The first kappa shape index (κ1) is 37.1. The maximum atomic E-state index is 6.37. The molecule has 13 rings (SSSR count). The molecular formula is C58H35N5OS. The smallest absolute Gasteiger partial charge is 0.227 e. The highest BCUT2D eigenvalue weighted by Gasteiger charge is 2.19. The molecule has 65 heavy (non-hydrogen) atoms. The van der Waals surface area contributed by atoms with Crippen LogP contribution in [0.25, 0.3) is 127 Å². The molecule has 0 amide bonds. The van der Waals surface area contributed by atoms with E-state index in [4.69, 9.17) is 24.4 Å². The Morgan fingerprint density at radius 1 is 0.354 bits per heavy atom. The van der Waals surface area contributed by atoms with Crippen LogP contribution in [-0.4, -0.2) is 24.5 Å². The Labute approximate surface area is 377 Å². The largest absolute Gasteiger partial charge is 0.436 e. The second-order valence-corrected chi connectivity index (χ2v) is 17.2. The van der Waals surface area contributed by atoms with Crippen molar-refractivity contribution in [3.05, 3.63) is 212 Å². The summed E-state index contributed by atoms with van der Waals surface area (Å²) in [6.45, 7) is 0. The zero-order chi connectivity index (χ0) is 42.8. The summed E-state index contributed by atoms with van der Waals surface area (Å²) in [6, 6.07) is 74.1. The fourth-order valence-corrected chi connectivity index (χ4v) is 10.6. The SMILES string of the molecule is c1ccc(-c2nc(-c3ccccc3)nc(-c3ccc4oc(-c5ccc(-n6c7ccccc7c7cc(-c8cccc9c8sc8c(-c%10ccccc%10)cccc89)ccc76)cc5)nc4c3)n2)cc1. The van der Waals surface area contributed by atoms with Gasteiger partial charge in [-0.1, -0.05) is 152 Å². The van der Waals surface area contributed by atoms with Gasteiger partial charge >= 0.3 is 0 Å². The van der Waals surface area contributed by atoms with E-state index in [1.807, 2.05) is 90.2 Å². The van der Waals surface area contributed by atoms with E-state index in [1.165, 1.54) is 53.2 Å². The molecule has 0 fully saturated rings. The fraction of sp³-hybridized carbons (Fsp3) is 0. The van der Waals surface area contributed by atoms with Gasteiger partial charge in [0.05, 0.1) is 11.0 Å². The first-order valence-electron chi connectivity index (χ1n) is 21.6. The third kappa shape index (κ3) is 6.32. The van der Waals surface area contributed by atoms with Crippen LogP contribution in [0.3, 0.4) is 0 Å². The number of oxazole rings is 1. The van der Waals surface area contributed by atoms with Gasteiger partial charge in [-0.05, 0) is 82.9 Å². The quantitative estimate of drug-likeness (QED) is 0.160. The molecule has 9 aromatic carbocycles. The summed E-state index contributed by atoms with van der Waals surface area (Å²) in [7, 11) is 0. The Balaban J connectivity index is 0.854. The van der Waals surface area contributed by atoms with Crippen molar-refractivity contribution < 1.29 is 4.42 Å². The fourth-order valence-electron chi connectivity index (χ4n) is 9.19. The van der Waals surface area contributed by atoms with Gasteiger partial charge in [-0.2, -0.15) is 0 Å². The van der Waals surface area contributed by atoms with Crippen molar-refractivity contribution in [3.8, 4) is 73.6 Å². The Bertz CT molecular complexity index is 3870. The Morgan fingerprint density at radius 2 is 0.877 bits per heavy atom. The third-order valence-corrected chi connectivity index (χ3v) is 13.6. The number of para-hydroxylation sites is 1. The van der Waals surface area contributed by atoms with Crippen molar-refractivity contribution in [2.75, 3.05) is 0 Å². The van der Waals surface area contributed by atoms with Crippen LogP contribution in [0.5, 0.6) is 0 Å². The molecule has 4 heterocycles. The Kier molecular flexibility index (Phi) is 8.60. The number of nitrogens with zero attached hydrogens (tertiary/aromatic N) is 5. The van der Waals surface area contributed by atoms with Gasteiger partial charge in [0.15, 0.2) is 23.1 Å². The minimum atomic E-state index is 0.549. The molecule has 0 saturated heterocycles. The predicted molar refractivity (Wildman–Crippen MR) is 267 cm³/mol. The summed E-state index contributed by atoms with van der Waals surface area (Å²) in [6.07, 6.45) is 0. The first-order valence-corrected chi connectivity index (χ1v) is 22.4. The minimum absolute atomic E-state index is 0.549.